The van der Waals surface area contributed by atoms with Gasteiger partial charge >= 0.3 is 0 Å². The molecule has 1 aliphatic rings. The first-order valence-corrected chi connectivity index (χ1v) is 5.15. The van der Waals surface area contributed by atoms with Crippen molar-refractivity contribution in [1.82, 2.24) is 4.90 Å². The van der Waals surface area contributed by atoms with Crippen LogP contribution in [0.15, 0.2) is 54.3 Å². The van der Waals surface area contributed by atoms with Crippen molar-refractivity contribution in [2.75, 3.05) is 0 Å². The Labute approximate surface area is 95.1 Å². The van der Waals surface area contributed by atoms with E-state index in [2.05, 4.69) is 6.07 Å². The van der Waals surface area contributed by atoms with Crippen molar-refractivity contribution in [3.05, 3.63) is 59.8 Å². The number of nitrogens with two attached hydrogens (primary N) is 1. The zero-order valence-corrected chi connectivity index (χ0v) is 8.88. The van der Waals surface area contributed by atoms with Crippen LogP contribution in [0.4, 0.5) is 0 Å². The molecule has 0 saturated heterocycles. The van der Waals surface area contributed by atoms with Crippen molar-refractivity contribution in [2.24, 2.45) is 5.73 Å². The summed E-state index contributed by atoms with van der Waals surface area (Å²) in [6.07, 6.45) is 5.24. The maximum atomic E-state index is 8.82. The fourth-order valence-electron chi connectivity index (χ4n) is 1.63. The Morgan fingerprint density at radius 2 is 2.06 bits per heavy atom. The zero-order valence-electron chi connectivity index (χ0n) is 8.88. The standard InChI is InChI=1S/C13H13N3/c14-8-12-6-7-13(15)16(10-12)9-11-4-2-1-3-5-11/h1-7,10,13H,9,15H2. The summed E-state index contributed by atoms with van der Waals surface area (Å²) in [4.78, 5) is 1.95. The highest BCUT2D eigenvalue weighted by molar-refractivity contribution is 5.36. The van der Waals surface area contributed by atoms with Crippen LogP contribution >= 0.6 is 0 Å². The Hall–Kier alpha value is -2.05. The van der Waals surface area contributed by atoms with Gasteiger partial charge in [-0.15, -0.1) is 0 Å². The highest BCUT2D eigenvalue weighted by Gasteiger charge is 2.12. The number of allylic oxidation sites excluding steroid dienone is 2. The molecular weight excluding hydrogens is 198 g/mol. The molecule has 16 heavy (non-hydrogen) atoms. The topological polar surface area (TPSA) is 53.0 Å². The number of nitriles is 1. The molecule has 0 fully saturated rings. The molecule has 0 saturated carbocycles. The molecule has 0 aromatic heterocycles. The molecule has 1 heterocycles. The summed E-state index contributed by atoms with van der Waals surface area (Å²) in [6, 6.07) is 12.2. The molecule has 2 rings (SSSR count). The van der Waals surface area contributed by atoms with E-state index >= 15 is 0 Å². The molecule has 1 unspecified atom stereocenters. The molecule has 1 atom stereocenters. The summed E-state index contributed by atoms with van der Waals surface area (Å²) in [5.41, 5.74) is 7.75. The Kier molecular flexibility index (Phi) is 3.04. The first kappa shape index (κ1) is 10.5. The first-order chi connectivity index (χ1) is 7.79. The molecule has 0 amide bonds. The highest BCUT2D eigenvalue weighted by Crippen LogP contribution is 2.13. The Morgan fingerprint density at radius 3 is 2.75 bits per heavy atom. The van der Waals surface area contributed by atoms with Crippen LogP contribution in [0.25, 0.3) is 0 Å². The van der Waals surface area contributed by atoms with E-state index in [0.717, 1.165) is 6.54 Å². The monoisotopic (exact) mass is 211 g/mol. The number of benzene rings is 1. The fourth-order valence-corrected chi connectivity index (χ4v) is 1.63. The van der Waals surface area contributed by atoms with Crippen LogP contribution in [-0.4, -0.2) is 11.1 Å². The van der Waals surface area contributed by atoms with Crippen molar-refractivity contribution >= 4 is 0 Å². The molecule has 0 spiro atoms. The predicted molar refractivity (Wildman–Crippen MR) is 62.8 cm³/mol. The van der Waals surface area contributed by atoms with Crippen molar-refractivity contribution in [1.29, 1.82) is 5.26 Å². The van der Waals surface area contributed by atoms with Gasteiger partial charge < -0.3 is 10.6 Å². The van der Waals surface area contributed by atoms with Gasteiger partial charge in [-0.1, -0.05) is 30.3 Å². The lowest BCUT2D eigenvalue weighted by Crippen LogP contribution is -2.37. The van der Waals surface area contributed by atoms with Gasteiger partial charge in [0, 0.05) is 12.7 Å². The lowest BCUT2D eigenvalue weighted by Gasteiger charge is -2.28. The van der Waals surface area contributed by atoms with Crippen LogP contribution in [0, 0.1) is 11.3 Å². The third kappa shape index (κ3) is 2.30. The minimum Gasteiger partial charge on any atom is -0.353 e. The minimum atomic E-state index is -0.155. The van der Waals surface area contributed by atoms with Gasteiger partial charge in [0.25, 0.3) is 0 Å². The summed E-state index contributed by atoms with van der Waals surface area (Å²) in [5, 5.41) is 8.82. The molecule has 2 N–H and O–H groups in total. The van der Waals surface area contributed by atoms with Gasteiger partial charge in [-0.3, -0.25) is 0 Å². The van der Waals surface area contributed by atoms with E-state index in [9.17, 15) is 0 Å². The van der Waals surface area contributed by atoms with Gasteiger partial charge in [0.2, 0.25) is 0 Å². The smallest absolute Gasteiger partial charge is 0.101 e. The Bertz CT molecular complexity index is 454. The van der Waals surface area contributed by atoms with Crippen molar-refractivity contribution in [3.63, 3.8) is 0 Å². The van der Waals surface area contributed by atoms with Crippen molar-refractivity contribution in [2.45, 2.75) is 12.7 Å². The summed E-state index contributed by atoms with van der Waals surface area (Å²) in [7, 11) is 0. The normalized spacial score (nSPS) is 19.1. The molecule has 3 heteroatoms. The minimum absolute atomic E-state index is 0.155. The molecule has 80 valence electrons. The zero-order chi connectivity index (χ0) is 11.4. The van der Waals surface area contributed by atoms with Gasteiger partial charge in [-0.2, -0.15) is 5.26 Å². The van der Waals surface area contributed by atoms with E-state index < -0.39 is 0 Å². The van der Waals surface area contributed by atoms with E-state index in [0.29, 0.717) is 5.57 Å². The van der Waals surface area contributed by atoms with Gasteiger partial charge in [0.1, 0.15) is 6.07 Å². The molecule has 0 aliphatic carbocycles. The van der Waals surface area contributed by atoms with Gasteiger partial charge in [-0.05, 0) is 17.7 Å². The fraction of sp³-hybridized carbons (Fsp3) is 0.154. The van der Waals surface area contributed by atoms with E-state index in [4.69, 9.17) is 11.0 Å². The molecular formula is C13H13N3. The van der Waals surface area contributed by atoms with Crippen LogP contribution in [0.3, 0.4) is 0 Å². The third-order valence-electron chi connectivity index (χ3n) is 2.50. The lowest BCUT2D eigenvalue weighted by atomic mass is 10.1. The van der Waals surface area contributed by atoms with Crippen LogP contribution < -0.4 is 5.73 Å². The first-order valence-electron chi connectivity index (χ1n) is 5.15. The quantitative estimate of drug-likeness (QED) is 0.810. The predicted octanol–water partition coefficient (Wildman–Crippen LogP) is 1.75. The molecule has 3 nitrogen and oxygen atoms in total. The van der Waals surface area contributed by atoms with E-state index in [1.165, 1.54) is 5.56 Å². The molecule has 1 aromatic carbocycles. The van der Waals surface area contributed by atoms with E-state index in [1.54, 1.807) is 12.3 Å². The molecule has 1 aliphatic heterocycles. The summed E-state index contributed by atoms with van der Waals surface area (Å²) < 4.78 is 0. The lowest BCUT2D eigenvalue weighted by molar-refractivity contribution is 0.312. The summed E-state index contributed by atoms with van der Waals surface area (Å²) in [6.45, 7) is 0.720. The molecule has 0 bridgehead atoms. The number of nitrogens with zero attached hydrogens (tertiary/aromatic N) is 2. The maximum absolute atomic E-state index is 8.82. The third-order valence-corrected chi connectivity index (χ3v) is 2.50. The van der Waals surface area contributed by atoms with Crippen molar-refractivity contribution in [3.8, 4) is 6.07 Å². The largest absolute Gasteiger partial charge is 0.353 e. The second kappa shape index (κ2) is 4.65. The number of hydrogen-bond donors (Lipinski definition) is 1. The van der Waals surface area contributed by atoms with Gasteiger partial charge in [-0.25, -0.2) is 0 Å². The number of rotatable bonds is 2. The molecule has 1 aromatic rings. The average Bonchev–Trinajstić information content (AvgIpc) is 2.33. The average molecular weight is 211 g/mol. The summed E-state index contributed by atoms with van der Waals surface area (Å²) >= 11 is 0. The van der Waals surface area contributed by atoms with Crippen LogP contribution in [0.2, 0.25) is 0 Å². The van der Waals surface area contributed by atoms with Crippen LogP contribution in [0.1, 0.15) is 5.56 Å². The summed E-state index contributed by atoms with van der Waals surface area (Å²) in [5.74, 6) is 0. The van der Waals surface area contributed by atoms with Crippen LogP contribution in [0.5, 0.6) is 0 Å². The maximum Gasteiger partial charge on any atom is 0.101 e. The SMILES string of the molecule is N#CC1=CN(Cc2ccccc2)C(N)C=C1. The van der Waals surface area contributed by atoms with Crippen molar-refractivity contribution < 1.29 is 0 Å². The second-order valence-corrected chi connectivity index (χ2v) is 3.70. The van der Waals surface area contributed by atoms with E-state index in [1.807, 2.05) is 41.3 Å². The Morgan fingerprint density at radius 1 is 1.31 bits per heavy atom. The van der Waals surface area contributed by atoms with Gasteiger partial charge in [0.05, 0.1) is 11.7 Å². The highest BCUT2D eigenvalue weighted by atomic mass is 15.2. The second-order valence-electron chi connectivity index (χ2n) is 3.70. The van der Waals surface area contributed by atoms with E-state index in [-0.39, 0.29) is 6.17 Å². The van der Waals surface area contributed by atoms with Crippen LogP contribution in [-0.2, 0) is 6.54 Å². The van der Waals surface area contributed by atoms with Gasteiger partial charge in [0.15, 0.2) is 0 Å². The molecule has 0 radical (unpaired) electrons. The number of hydrogen-bond acceptors (Lipinski definition) is 3. The Balaban J connectivity index is 2.14.